The predicted octanol–water partition coefficient (Wildman–Crippen LogP) is 1.23. The molecule has 2 aromatic rings. The number of ether oxygens (including phenoxy) is 2. The van der Waals surface area contributed by atoms with E-state index in [2.05, 4.69) is 15.3 Å². The van der Waals surface area contributed by atoms with Crippen LogP contribution in [-0.2, 0) is 0 Å². The van der Waals surface area contributed by atoms with Crippen molar-refractivity contribution in [3.8, 4) is 11.5 Å². The van der Waals surface area contributed by atoms with Crippen molar-refractivity contribution in [3.63, 3.8) is 0 Å². The maximum absolute atomic E-state index is 11.6. The third-order valence-electron chi connectivity index (χ3n) is 2.50. The summed E-state index contributed by atoms with van der Waals surface area (Å²) < 4.78 is 11.9. The minimum Gasteiger partial charge on any atom is -0.493 e. The Balaban J connectivity index is 2.18. The summed E-state index contributed by atoms with van der Waals surface area (Å²) in [6.07, 6.45) is 4.09. The van der Waals surface area contributed by atoms with Gasteiger partial charge >= 0.3 is 6.09 Å². The highest BCUT2D eigenvalue weighted by Gasteiger charge is 2.11. The van der Waals surface area contributed by atoms with Crippen LogP contribution in [0.4, 0.5) is 4.79 Å². The first kappa shape index (κ1) is 14.5. The third-order valence-corrected chi connectivity index (χ3v) is 2.50. The highest BCUT2D eigenvalue weighted by atomic mass is 16.6. The van der Waals surface area contributed by atoms with Crippen molar-refractivity contribution in [2.24, 2.45) is 5.10 Å². The first-order valence-corrected chi connectivity index (χ1v) is 6.06. The lowest BCUT2D eigenvalue weighted by Crippen LogP contribution is -2.25. The van der Waals surface area contributed by atoms with E-state index in [-0.39, 0.29) is 0 Å². The molecule has 0 unspecified atom stereocenters. The number of carbonyl (C=O) groups excluding carboxylic acids is 1. The van der Waals surface area contributed by atoms with Crippen molar-refractivity contribution >= 4 is 12.3 Å². The molecule has 0 bridgehead atoms. The molecule has 0 N–H and O–H groups in total. The average molecular weight is 289 g/mol. The second kappa shape index (κ2) is 6.51. The Morgan fingerprint density at radius 3 is 2.62 bits per heavy atom. The van der Waals surface area contributed by atoms with Gasteiger partial charge in [-0.1, -0.05) is 0 Å². The smallest absolute Gasteiger partial charge is 0.414 e. The summed E-state index contributed by atoms with van der Waals surface area (Å²) in [4.78, 5) is 12.9. The van der Waals surface area contributed by atoms with E-state index in [4.69, 9.17) is 9.47 Å². The van der Waals surface area contributed by atoms with Crippen LogP contribution in [0.3, 0.4) is 0 Å². The molecule has 2 rings (SSSR count). The summed E-state index contributed by atoms with van der Waals surface area (Å²) in [7, 11) is 4.72. The summed E-state index contributed by atoms with van der Waals surface area (Å²) in [5.41, 5.74) is 0.783. The molecule has 21 heavy (non-hydrogen) atoms. The van der Waals surface area contributed by atoms with Gasteiger partial charge in [0.05, 0.1) is 13.3 Å². The van der Waals surface area contributed by atoms with Gasteiger partial charge in [-0.2, -0.15) is 5.10 Å². The van der Waals surface area contributed by atoms with Crippen molar-refractivity contribution in [2.45, 2.75) is 0 Å². The van der Waals surface area contributed by atoms with E-state index in [0.29, 0.717) is 11.5 Å². The Morgan fingerprint density at radius 1 is 1.29 bits per heavy atom. The number of nitrogens with zero attached hydrogens (tertiary/aromatic N) is 5. The van der Waals surface area contributed by atoms with E-state index in [1.54, 1.807) is 38.5 Å². The van der Waals surface area contributed by atoms with Crippen LogP contribution in [0, 0.1) is 0 Å². The highest BCUT2D eigenvalue weighted by molar-refractivity contribution is 5.81. The molecule has 0 aliphatic rings. The zero-order valence-corrected chi connectivity index (χ0v) is 11.9. The molecular formula is C13H15N5O3. The molecule has 1 aromatic carbocycles. The zero-order chi connectivity index (χ0) is 15.2. The van der Waals surface area contributed by atoms with Crippen molar-refractivity contribution in [1.29, 1.82) is 0 Å². The Kier molecular flexibility index (Phi) is 4.50. The zero-order valence-electron chi connectivity index (χ0n) is 11.9. The maximum atomic E-state index is 11.6. The number of methoxy groups -OCH3 is 1. The SMILES string of the molecule is COc1cc(/C=N/n2cnnc2)ccc1OC(=O)N(C)C. The van der Waals surface area contributed by atoms with Crippen LogP contribution in [0.2, 0.25) is 0 Å². The predicted molar refractivity (Wildman–Crippen MR) is 75.7 cm³/mol. The van der Waals surface area contributed by atoms with Gasteiger partial charge in [-0.25, -0.2) is 9.47 Å². The molecule has 1 aromatic heterocycles. The Bertz CT molecular complexity index is 637. The Labute approximate surface area is 121 Å². The number of rotatable bonds is 4. The molecule has 1 heterocycles. The van der Waals surface area contributed by atoms with E-state index in [0.717, 1.165) is 5.56 Å². The molecule has 0 radical (unpaired) electrons. The van der Waals surface area contributed by atoms with Gasteiger partial charge in [-0.15, -0.1) is 10.2 Å². The standard InChI is InChI=1S/C13H15N5O3/c1-17(2)13(19)21-11-5-4-10(6-12(11)20-3)7-16-18-8-14-15-9-18/h4-9H,1-3H3/b16-7+. The summed E-state index contributed by atoms with van der Waals surface area (Å²) in [6, 6.07) is 5.12. The molecular weight excluding hydrogens is 274 g/mol. The maximum Gasteiger partial charge on any atom is 0.414 e. The van der Waals surface area contributed by atoms with Crippen LogP contribution in [-0.4, -0.2) is 53.3 Å². The quantitative estimate of drug-likeness (QED) is 0.791. The molecule has 0 atom stereocenters. The lowest BCUT2D eigenvalue weighted by Gasteiger charge is -2.13. The molecule has 0 saturated heterocycles. The minimum absolute atomic E-state index is 0.345. The number of hydrogen-bond acceptors (Lipinski definition) is 6. The fourth-order valence-electron chi connectivity index (χ4n) is 1.42. The molecule has 0 aliphatic heterocycles. The number of amides is 1. The normalized spacial score (nSPS) is 10.6. The van der Waals surface area contributed by atoms with Gasteiger partial charge in [0.1, 0.15) is 12.7 Å². The average Bonchev–Trinajstić information content (AvgIpc) is 2.99. The lowest BCUT2D eigenvalue weighted by molar-refractivity contribution is 0.170. The van der Waals surface area contributed by atoms with E-state index < -0.39 is 6.09 Å². The molecule has 8 heteroatoms. The molecule has 8 nitrogen and oxygen atoms in total. The van der Waals surface area contributed by atoms with Gasteiger partial charge in [0.2, 0.25) is 0 Å². The first-order chi connectivity index (χ1) is 10.1. The van der Waals surface area contributed by atoms with Crippen LogP contribution in [0.25, 0.3) is 0 Å². The van der Waals surface area contributed by atoms with Gasteiger partial charge in [0.15, 0.2) is 11.5 Å². The van der Waals surface area contributed by atoms with Gasteiger partial charge in [-0.05, 0) is 23.8 Å². The molecule has 1 amide bonds. The number of carbonyl (C=O) groups is 1. The van der Waals surface area contributed by atoms with E-state index >= 15 is 0 Å². The van der Waals surface area contributed by atoms with Crippen LogP contribution >= 0.6 is 0 Å². The van der Waals surface area contributed by atoms with Crippen LogP contribution in [0.1, 0.15) is 5.56 Å². The summed E-state index contributed by atoms with van der Waals surface area (Å²) in [5.74, 6) is 0.788. The first-order valence-electron chi connectivity index (χ1n) is 6.06. The molecule has 0 spiro atoms. The van der Waals surface area contributed by atoms with Gasteiger partial charge in [0, 0.05) is 14.1 Å². The molecule has 0 fully saturated rings. The Hall–Kier alpha value is -2.90. The second-order valence-corrected chi connectivity index (χ2v) is 4.26. The summed E-state index contributed by atoms with van der Waals surface area (Å²) in [6.45, 7) is 0. The monoisotopic (exact) mass is 289 g/mol. The molecule has 0 saturated carbocycles. The van der Waals surface area contributed by atoms with Crippen molar-refractivity contribution in [2.75, 3.05) is 21.2 Å². The fourth-order valence-corrected chi connectivity index (χ4v) is 1.42. The summed E-state index contributed by atoms with van der Waals surface area (Å²) >= 11 is 0. The van der Waals surface area contributed by atoms with Crippen LogP contribution in [0.5, 0.6) is 11.5 Å². The van der Waals surface area contributed by atoms with Gasteiger partial charge in [-0.3, -0.25) is 0 Å². The fraction of sp³-hybridized carbons (Fsp3) is 0.231. The molecule has 0 aliphatic carbocycles. The van der Waals surface area contributed by atoms with Gasteiger partial charge < -0.3 is 14.4 Å². The van der Waals surface area contributed by atoms with Crippen molar-refractivity contribution in [1.82, 2.24) is 19.8 Å². The van der Waals surface area contributed by atoms with Crippen molar-refractivity contribution < 1.29 is 14.3 Å². The number of benzene rings is 1. The van der Waals surface area contributed by atoms with Crippen molar-refractivity contribution in [3.05, 3.63) is 36.4 Å². The molecule has 110 valence electrons. The number of aromatic nitrogens is 3. The van der Waals surface area contributed by atoms with E-state index in [9.17, 15) is 4.79 Å². The van der Waals surface area contributed by atoms with Gasteiger partial charge in [0.25, 0.3) is 0 Å². The van der Waals surface area contributed by atoms with E-state index in [1.807, 2.05) is 0 Å². The van der Waals surface area contributed by atoms with E-state index in [1.165, 1.54) is 29.3 Å². The van der Waals surface area contributed by atoms with Crippen LogP contribution in [0.15, 0.2) is 36.0 Å². The summed E-state index contributed by atoms with van der Waals surface area (Å²) in [5, 5.41) is 11.4. The topological polar surface area (TPSA) is 81.8 Å². The third kappa shape index (κ3) is 3.78. The van der Waals surface area contributed by atoms with Crippen LogP contribution < -0.4 is 9.47 Å². The Morgan fingerprint density at radius 2 is 2.00 bits per heavy atom. The highest BCUT2D eigenvalue weighted by Crippen LogP contribution is 2.28. The number of hydrogen-bond donors (Lipinski definition) is 0. The second-order valence-electron chi connectivity index (χ2n) is 4.26. The lowest BCUT2D eigenvalue weighted by atomic mass is 10.2. The largest absolute Gasteiger partial charge is 0.493 e. The minimum atomic E-state index is -0.473.